The Morgan fingerprint density at radius 2 is 2.11 bits per heavy atom. The first kappa shape index (κ1) is 20.7. The number of nitro groups is 1. The molecule has 0 aromatic heterocycles. The van der Waals surface area contributed by atoms with Crippen molar-refractivity contribution in [1.29, 1.82) is 0 Å². The lowest BCUT2D eigenvalue weighted by atomic mass is 10.0. The van der Waals surface area contributed by atoms with E-state index >= 15 is 0 Å². The van der Waals surface area contributed by atoms with Gasteiger partial charge in [-0.25, -0.2) is 4.79 Å². The summed E-state index contributed by atoms with van der Waals surface area (Å²) in [6.07, 6.45) is 0. The molecule has 9 nitrogen and oxygen atoms in total. The number of aliphatic hydroxyl groups excluding tert-OH is 1. The molecule has 146 valence electrons. The molecule has 0 spiro atoms. The van der Waals surface area contributed by atoms with Crippen LogP contribution in [-0.4, -0.2) is 59.6 Å². The van der Waals surface area contributed by atoms with E-state index in [4.69, 9.17) is 21.1 Å². The first-order valence-corrected chi connectivity index (χ1v) is 8.65. The van der Waals surface area contributed by atoms with Crippen LogP contribution in [0.15, 0.2) is 28.9 Å². The number of hydrogen-bond donors (Lipinski definition) is 1. The molecular formula is C17H20ClN3O6. The standard InChI is InChI=1S/C17H20ClN3O6/c1-3-27-17(23)15(11(2)19-20-6-8-26-9-7-20)16(22)13-10-12(21(24)25)4-5-14(13)18/h4-5,10,22H,3,6-9H2,1-2H3. The van der Waals surface area contributed by atoms with Gasteiger partial charge >= 0.3 is 5.97 Å². The summed E-state index contributed by atoms with van der Waals surface area (Å²) in [4.78, 5) is 22.8. The Morgan fingerprint density at radius 1 is 1.44 bits per heavy atom. The monoisotopic (exact) mass is 397 g/mol. The lowest BCUT2D eigenvalue weighted by Crippen LogP contribution is -2.33. The highest BCUT2D eigenvalue weighted by atomic mass is 35.5. The van der Waals surface area contributed by atoms with Crippen molar-refractivity contribution in [2.45, 2.75) is 13.8 Å². The SMILES string of the molecule is CCOC(=O)C(C(C)=NN1CCOCC1)=C(O)c1cc([N+](=O)[O-])ccc1Cl. The zero-order chi connectivity index (χ0) is 20.0. The highest BCUT2D eigenvalue weighted by molar-refractivity contribution is 6.33. The number of carbonyl (C=O) groups is 1. The summed E-state index contributed by atoms with van der Waals surface area (Å²) in [5, 5.41) is 27.8. The minimum atomic E-state index is -0.799. The maximum atomic E-state index is 12.4. The first-order chi connectivity index (χ1) is 12.8. The topological polar surface area (TPSA) is 114 Å². The van der Waals surface area contributed by atoms with Gasteiger partial charge in [0.25, 0.3) is 5.69 Å². The van der Waals surface area contributed by atoms with E-state index in [0.29, 0.717) is 26.3 Å². The number of hydrazone groups is 1. The fourth-order valence-corrected chi connectivity index (χ4v) is 2.68. The summed E-state index contributed by atoms with van der Waals surface area (Å²) in [5.74, 6) is -1.33. The highest BCUT2D eigenvalue weighted by Gasteiger charge is 2.25. The van der Waals surface area contributed by atoms with Gasteiger partial charge in [-0.3, -0.25) is 15.1 Å². The summed E-state index contributed by atoms with van der Waals surface area (Å²) in [6.45, 7) is 5.32. The summed E-state index contributed by atoms with van der Waals surface area (Å²) < 4.78 is 10.3. The number of esters is 1. The number of rotatable bonds is 6. The van der Waals surface area contributed by atoms with Gasteiger partial charge in [0.15, 0.2) is 0 Å². The van der Waals surface area contributed by atoms with Gasteiger partial charge in [-0.2, -0.15) is 5.10 Å². The van der Waals surface area contributed by atoms with Crippen molar-refractivity contribution < 1.29 is 24.3 Å². The Morgan fingerprint density at radius 3 is 2.70 bits per heavy atom. The van der Waals surface area contributed by atoms with Crippen LogP contribution in [0.4, 0.5) is 5.69 Å². The molecule has 0 bridgehead atoms. The van der Waals surface area contributed by atoms with Crippen molar-refractivity contribution in [2.24, 2.45) is 5.10 Å². The molecule has 1 aromatic rings. The van der Waals surface area contributed by atoms with Crippen LogP contribution in [0, 0.1) is 10.1 Å². The maximum absolute atomic E-state index is 12.4. The molecule has 0 atom stereocenters. The van der Waals surface area contributed by atoms with Crippen LogP contribution in [0.1, 0.15) is 19.4 Å². The number of benzene rings is 1. The van der Waals surface area contributed by atoms with Crippen molar-refractivity contribution in [3.63, 3.8) is 0 Å². The summed E-state index contributed by atoms with van der Waals surface area (Å²) in [5.41, 5.74) is -0.321. The van der Waals surface area contributed by atoms with Gasteiger partial charge in [-0.05, 0) is 19.9 Å². The predicted octanol–water partition coefficient (Wildman–Crippen LogP) is 2.79. The third-order valence-electron chi connectivity index (χ3n) is 3.77. The number of carbonyl (C=O) groups excluding carboxylic acids is 1. The normalized spacial score (nSPS) is 16.0. The second-order valence-corrected chi connectivity index (χ2v) is 6.02. The van der Waals surface area contributed by atoms with E-state index in [1.165, 1.54) is 12.1 Å². The molecule has 0 amide bonds. The number of non-ortho nitro benzene ring substituents is 1. The van der Waals surface area contributed by atoms with E-state index in [9.17, 15) is 20.0 Å². The summed E-state index contributed by atoms with van der Waals surface area (Å²) in [7, 11) is 0. The highest BCUT2D eigenvalue weighted by Crippen LogP contribution is 2.29. The van der Waals surface area contributed by atoms with Crippen LogP contribution in [0.3, 0.4) is 0 Å². The number of halogens is 1. The third kappa shape index (κ3) is 5.18. The van der Waals surface area contributed by atoms with E-state index in [-0.39, 0.29) is 34.2 Å². The van der Waals surface area contributed by atoms with Crippen LogP contribution in [-0.2, 0) is 14.3 Å². The zero-order valence-corrected chi connectivity index (χ0v) is 15.7. The fourth-order valence-electron chi connectivity index (χ4n) is 2.48. The molecule has 1 aliphatic heterocycles. The minimum Gasteiger partial charge on any atom is -0.506 e. The number of nitro benzene ring substituents is 1. The van der Waals surface area contributed by atoms with Crippen LogP contribution in [0.5, 0.6) is 0 Å². The van der Waals surface area contributed by atoms with Crippen molar-refractivity contribution in [3.05, 3.63) is 44.5 Å². The summed E-state index contributed by atoms with van der Waals surface area (Å²) in [6, 6.07) is 3.58. The fraction of sp³-hybridized carbons (Fsp3) is 0.412. The van der Waals surface area contributed by atoms with E-state index in [1.54, 1.807) is 18.9 Å². The van der Waals surface area contributed by atoms with Crippen molar-refractivity contribution in [2.75, 3.05) is 32.9 Å². The quantitative estimate of drug-likeness (QED) is 0.196. The molecule has 1 fully saturated rings. The predicted molar refractivity (Wildman–Crippen MR) is 99.8 cm³/mol. The molecule has 0 unspecified atom stereocenters. The minimum absolute atomic E-state index is 0.0505. The molecule has 1 N–H and O–H groups in total. The van der Waals surface area contributed by atoms with Gasteiger partial charge in [-0.1, -0.05) is 11.6 Å². The number of ether oxygens (including phenoxy) is 2. The molecule has 2 rings (SSSR count). The largest absolute Gasteiger partial charge is 0.506 e. The van der Waals surface area contributed by atoms with Crippen LogP contribution >= 0.6 is 11.6 Å². The molecule has 1 aromatic carbocycles. The number of aliphatic hydroxyl groups is 1. The number of morpholine rings is 1. The molecule has 10 heteroatoms. The Kier molecular flexibility index (Phi) is 7.14. The molecule has 27 heavy (non-hydrogen) atoms. The average Bonchev–Trinajstić information content (AvgIpc) is 2.63. The molecule has 1 heterocycles. The van der Waals surface area contributed by atoms with Gasteiger partial charge < -0.3 is 14.6 Å². The maximum Gasteiger partial charge on any atom is 0.343 e. The molecule has 0 radical (unpaired) electrons. The molecule has 0 aliphatic carbocycles. The average molecular weight is 398 g/mol. The summed E-state index contributed by atoms with van der Waals surface area (Å²) >= 11 is 6.08. The van der Waals surface area contributed by atoms with Crippen LogP contribution in [0.2, 0.25) is 5.02 Å². The molecule has 0 saturated carbocycles. The molecular weight excluding hydrogens is 378 g/mol. The Hall–Kier alpha value is -2.65. The zero-order valence-electron chi connectivity index (χ0n) is 15.0. The van der Waals surface area contributed by atoms with Crippen molar-refractivity contribution >= 4 is 34.7 Å². The van der Waals surface area contributed by atoms with E-state index in [1.807, 2.05) is 0 Å². The van der Waals surface area contributed by atoms with Crippen LogP contribution in [0.25, 0.3) is 5.76 Å². The molecule has 1 saturated heterocycles. The lowest BCUT2D eigenvalue weighted by Gasteiger charge is -2.25. The second kappa shape index (κ2) is 9.33. The van der Waals surface area contributed by atoms with Gasteiger partial charge in [0, 0.05) is 17.7 Å². The third-order valence-corrected chi connectivity index (χ3v) is 4.10. The second-order valence-electron chi connectivity index (χ2n) is 5.62. The Labute approximate surface area is 161 Å². The smallest absolute Gasteiger partial charge is 0.343 e. The van der Waals surface area contributed by atoms with Gasteiger partial charge in [0.2, 0.25) is 0 Å². The van der Waals surface area contributed by atoms with E-state index < -0.39 is 16.7 Å². The first-order valence-electron chi connectivity index (χ1n) is 8.28. The molecule has 1 aliphatic rings. The van der Waals surface area contributed by atoms with Crippen molar-refractivity contribution in [1.82, 2.24) is 5.01 Å². The van der Waals surface area contributed by atoms with Gasteiger partial charge in [0.1, 0.15) is 11.3 Å². The Bertz CT molecular complexity index is 787. The van der Waals surface area contributed by atoms with Gasteiger partial charge in [0.05, 0.1) is 48.6 Å². The number of hydrogen-bond acceptors (Lipinski definition) is 8. The van der Waals surface area contributed by atoms with Gasteiger partial charge in [-0.15, -0.1) is 0 Å². The van der Waals surface area contributed by atoms with E-state index in [2.05, 4.69) is 5.10 Å². The lowest BCUT2D eigenvalue weighted by molar-refractivity contribution is -0.384. The van der Waals surface area contributed by atoms with Crippen molar-refractivity contribution in [3.8, 4) is 0 Å². The number of nitrogens with zero attached hydrogens (tertiary/aromatic N) is 3. The van der Waals surface area contributed by atoms with E-state index in [0.717, 1.165) is 6.07 Å². The van der Waals surface area contributed by atoms with Crippen LogP contribution < -0.4 is 0 Å². The Balaban J connectivity index is 2.54.